The number of nitrogens with zero attached hydrogens (tertiary/aromatic N) is 1. The lowest BCUT2D eigenvalue weighted by Crippen LogP contribution is -2.34. The number of amides is 1. The van der Waals surface area contributed by atoms with Crippen molar-refractivity contribution in [3.8, 4) is 11.5 Å². The molecule has 0 atom stereocenters. The summed E-state index contributed by atoms with van der Waals surface area (Å²) in [5.74, 6) is -0.396. The molecule has 3 rings (SSSR count). The molecule has 0 spiro atoms. The SMILES string of the molecule is CCOc1cc(CN(CC(=O)Nc2ccc(C)c(F)c2)C2CC2)ccc1OC(F)F. The minimum Gasteiger partial charge on any atom is -0.490 e. The maximum absolute atomic E-state index is 13.7. The van der Waals surface area contributed by atoms with Crippen molar-refractivity contribution in [2.45, 2.75) is 45.9 Å². The van der Waals surface area contributed by atoms with Crippen LogP contribution < -0.4 is 14.8 Å². The van der Waals surface area contributed by atoms with Crippen LogP contribution in [0.15, 0.2) is 36.4 Å². The first-order valence-corrected chi connectivity index (χ1v) is 9.86. The molecule has 8 heteroatoms. The number of alkyl halides is 2. The third-order valence-corrected chi connectivity index (χ3v) is 4.78. The van der Waals surface area contributed by atoms with Gasteiger partial charge in [0.2, 0.25) is 5.91 Å². The van der Waals surface area contributed by atoms with Crippen LogP contribution >= 0.6 is 0 Å². The Kier molecular flexibility index (Phi) is 7.20. The van der Waals surface area contributed by atoms with Crippen molar-refractivity contribution in [1.82, 2.24) is 4.90 Å². The predicted molar refractivity (Wildman–Crippen MR) is 107 cm³/mol. The molecular formula is C22H25F3N2O3. The van der Waals surface area contributed by atoms with Crippen LogP contribution in [0.5, 0.6) is 11.5 Å². The van der Waals surface area contributed by atoms with Gasteiger partial charge >= 0.3 is 6.61 Å². The zero-order valence-corrected chi connectivity index (χ0v) is 17.0. The molecule has 2 aromatic rings. The first kappa shape index (κ1) is 22.0. The van der Waals surface area contributed by atoms with Gasteiger partial charge in [-0.2, -0.15) is 8.78 Å². The van der Waals surface area contributed by atoms with E-state index in [1.165, 1.54) is 12.1 Å². The normalized spacial score (nSPS) is 13.6. The molecule has 0 bridgehead atoms. The third-order valence-electron chi connectivity index (χ3n) is 4.78. The van der Waals surface area contributed by atoms with Crippen molar-refractivity contribution in [3.63, 3.8) is 0 Å². The van der Waals surface area contributed by atoms with E-state index in [9.17, 15) is 18.0 Å². The number of hydrogen-bond donors (Lipinski definition) is 1. The van der Waals surface area contributed by atoms with E-state index in [0.717, 1.165) is 18.4 Å². The van der Waals surface area contributed by atoms with Crippen LogP contribution in [-0.4, -0.2) is 36.6 Å². The molecule has 1 amide bonds. The van der Waals surface area contributed by atoms with Crippen molar-refractivity contribution >= 4 is 11.6 Å². The highest BCUT2D eigenvalue weighted by Gasteiger charge is 2.30. The maximum atomic E-state index is 13.7. The maximum Gasteiger partial charge on any atom is 0.387 e. The second-order valence-corrected chi connectivity index (χ2v) is 7.24. The second-order valence-electron chi connectivity index (χ2n) is 7.24. The largest absolute Gasteiger partial charge is 0.490 e. The van der Waals surface area contributed by atoms with E-state index in [1.54, 1.807) is 38.1 Å². The molecule has 30 heavy (non-hydrogen) atoms. The van der Waals surface area contributed by atoms with Crippen LogP contribution in [0, 0.1) is 12.7 Å². The Bertz CT molecular complexity index is 888. The Morgan fingerprint density at radius 3 is 2.60 bits per heavy atom. The zero-order valence-electron chi connectivity index (χ0n) is 17.0. The molecule has 162 valence electrons. The fourth-order valence-corrected chi connectivity index (χ4v) is 3.16. The number of rotatable bonds is 10. The monoisotopic (exact) mass is 422 g/mol. The van der Waals surface area contributed by atoms with Crippen molar-refractivity contribution in [2.75, 3.05) is 18.5 Å². The van der Waals surface area contributed by atoms with Gasteiger partial charge in [-0.3, -0.25) is 9.69 Å². The number of nitrogens with one attached hydrogen (secondary N) is 1. The number of carbonyl (C=O) groups excluding carboxylic acids is 1. The van der Waals surface area contributed by atoms with E-state index in [2.05, 4.69) is 10.1 Å². The summed E-state index contributed by atoms with van der Waals surface area (Å²) in [5.41, 5.74) is 1.74. The summed E-state index contributed by atoms with van der Waals surface area (Å²) in [5, 5.41) is 2.72. The van der Waals surface area contributed by atoms with Gasteiger partial charge in [-0.25, -0.2) is 4.39 Å². The number of carbonyl (C=O) groups is 1. The minimum absolute atomic E-state index is 0.0206. The van der Waals surface area contributed by atoms with E-state index in [0.29, 0.717) is 24.4 Å². The summed E-state index contributed by atoms with van der Waals surface area (Å²) in [6, 6.07) is 9.64. The highest BCUT2D eigenvalue weighted by Crippen LogP contribution is 2.33. The van der Waals surface area contributed by atoms with Gasteiger partial charge in [0.25, 0.3) is 0 Å². The van der Waals surface area contributed by atoms with Crippen LogP contribution in [0.1, 0.15) is 30.9 Å². The Morgan fingerprint density at radius 2 is 1.97 bits per heavy atom. The molecule has 1 aliphatic rings. The molecule has 0 unspecified atom stereocenters. The minimum atomic E-state index is -2.94. The third kappa shape index (κ3) is 6.13. The summed E-state index contributed by atoms with van der Waals surface area (Å²) >= 11 is 0. The topological polar surface area (TPSA) is 50.8 Å². The fourth-order valence-electron chi connectivity index (χ4n) is 3.16. The van der Waals surface area contributed by atoms with Crippen LogP contribution in [0.3, 0.4) is 0 Å². The number of anilines is 1. The number of ether oxygens (including phenoxy) is 2. The fraction of sp³-hybridized carbons (Fsp3) is 0.409. The van der Waals surface area contributed by atoms with E-state index in [-0.39, 0.29) is 35.8 Å². The summed E-state index contributed by atoms with van der Waals surface area (Å²) in [4.78, 5) is 14.5. The Hall–Kier alpha value is -2.74. The molecule has 0 aromatic heterocycles. The average molecular weight is 422 g/mol. The first-order valence-electron chi connectivity index (χ1n) is 9.86. The highest BCUT2D eigenvalue weighted by molar-refractivity contribution is 5.92. The number of benzene rings is 2. The Labute approximate surface area is 173 Å². The lowest BCUT2D eigenvalue weighted by atomic mass is 10.1. The van der Waals surface area contributed by atoms with Crippen molar-refractivity contribution in [1.29, 1.82) is 0 Å². The first-order chi connectivity index (χ1) is 14.4. The molecular weight excluding hydrogens is 397 g/mol. The van der Waals surface area contributed by atoms with Gasteiger partial charge < -0.3 is 14.8 Å². The quantitative estimate of drug-likeness (QED) is 0.601. The number of hydrogen-bond acceptors (Lipinski definition) is 4. The number of aryl methyl sites for hydroxylation is 1. The van der Waals surface area contributed by atoms with Gasteiger partial charge in [0.15, 0.2) is 11.5 Å². The van der Waals surface area contributed by atoms with E-state index < -0.39 is 6.61 Å². The molecule has 0 aliphatic heterocycles. The predicted octanol–water partition coefficient (Wildman–Crippen LogP) is 4.74. The Morgan fingerprint density at radius 1 is 1.20 bits per heavy atom. The molecule has 1 N–H and O–H groups in total. The summed E-state index contributed by atoms with van der Waals surface area (Å²) in [6.45, 7) is 1.38. The van der Waals surface area contributed by atoms with Crippen LogP contribution in [0.25, 0.3) is 0 Å². The lowest BCUT2D eigenvalue weighted by molar-refractivity contribution is -0.117. The molecule has 1 saturated carbocycles. The van der Waals surface area contributed by atoms with Gasteiger partial charge in [-0.05, 0) is 62.1 Å². The lowest BCUT2D eigenvalue weighted by Gasteiger charge is -2.22. The molecule has 0 heterocycles. The van der Waals surface area contributed by atoms with Crippen molar-refractivity contribution in [3.05, 3.63) is 53.3 Å². The van der Waals surface area contributed by atoms with Gasteiger partial charge in [0.05, 0.1) is 13.2 Å². The van der Waals surface area contributed by atoms with E-state index >= 15 is 0 Å². The van der Waals surface area contributed by atoms with Crippen molar-refractivity contribution in [2.24, 2.45) is 0 Å². The molecule has 2 aromatic carbocycles. The van der Waals surface area contributed by atoms with Gasteiger partial charge in [0.1, 0.15) is 5.82 Å². The van der Waals surface area contributed by atoms with Gasteiger partial charge in [0, 0.05) is 18.3 Å². The average Bonchev–Trinajstić information content (AvgIpc) is 3.51. The van der Waals surface area contributed by atoms with Crippen molar-refractivity contribution < 1.29 is 27.4 Å². The second kappa shape index (κ2) is 9.84. The van der Waals surface area contributed by atoms with E-state index in [4.69, 9.17) is 4.74 Å². The van der Waals surface area contributed by atoms with Crippen LogP contribution in [0.4, 0.5) is 18.9 Å². The van der Waals surface area contributed by atoms with Crippen LogP contribution in [-0.2, 0) is 11.3 Å². The molecule has 0 saturated heterocycles. The number of halogens is 3. The summed E-state index contributed by atoms with van der Waals surface area (Å²) < 4.78 is 48.8. The summed E-state index contributed by atoms with van der Waals surface area (Å²) in [6.07, 6.45) is 1.97. The van der Waals surface area contributed by atoms with Crippen LogP contribution in [0.2, 0.25) is 0 Å². The standard InChI is InChI=1S/C22H25F3N2O3/c1-3-29-20-10-15(5-9-19(20)30-22(24)25)12-27(17-7-8-17)13-21(28)26-16-6-4-14(2)18(23)11-16/h4-6,9-11,17,22H,3,7-8,12-13H2,1-2H3,(H,26,28). The smallest absolute Gasteiger partial charge is 0.387 e. The highest BCUT2D eigenvalue weighted by atomic mass is 19.3. The Balaban J connectivity index is 1.67. The van der Waals surface area contributed by atoms with Gasteiger partial charge in [-0.15, -0.1) is 0 Å². The molecule has 1 aliphatic carbocycles. The molecule has 1 fully saturated rings. The molecule has 5 nitrogen and oxygen atoms in total. The van der Waals surface area contributed by atoms with Gasteiger partial charge in [-0.1, -0.05) is 12.1 Å². The summed E-state index contributed by atoms with van der Waals surface area (Å²) in [7, 11) is 0. The zero-order chi connectivity index (χ0) is 21.7. The van der Waals surface area contributed by atoms with E-state index in [1.807, 2.05) is 4.90 Å². The molecule has 0 radical (unpaired) electrons.